The fraction of sp³-hybridized carbons (Fsp3) is 0.333. The molecule has 0 aliphatic carbocycles. The van der Waals surface area contributed by atoms with E-state index in [1.165, 1.54) is 18.2 Å². The minimum Gasteiger partial charge on any atom is -0.453 e. The fourth-order valence-electron chi connectivity index (χ4n) is 5.77. The van der Waals surface area contributed by atoms with E-state index in [2.05, 4.69) is 65.6 Å². The highest BCUT2D eigenvalue weighted by Gasteiger charge is 2.38. The molecule has 0 unspecified atom stereocenters. The summed E-state index contributed by atoms with van der Waals surface area (Å²) in [5, 5.41) is 0. The Morgan fingerprint density at radius 2 is 1.30 bits per heavy atom. The number of amides is 2. The molecule has 2 fully saturated rings. The van der Waals surface area contributed by atoms with Gasteiger partial charge in [-0.25, -0.2) is 4.79 Å². The van der Waals surface area contributed by atoms with Crippen LogP contribution in [0.25, 0.3) is 0 Å². The van der Waals surface area contributed by atoms with E-state index in [0.29, 0.717) is 37.4 Å². The van der Waals surface area contributed by atoms with Gasteiger partial charge in [0.2, 0.25) is 0 Å². The van der Waals surface area contributed by atoms with Crippen LogP contribution in [0.15, 0.2) is 78.9 Å². The molecule has 2 amide bonds. The smallest absolute Gasteiger partial charge is 0.409 e. The summed E-state index contributed by atoms with van der Waals surface area (Å²) in [7, 11) is 1.37. The molecule has 7 nitrogen and oxygen atoms in total. The van der Waals surface area contributed by atoms with Crippen molar-refractivity contribution in [1.82, 2.24) is 9.80 Å². The fourth-order valence-corrected chi connectivity index (χ4v) is 5.77. The van der Waals surface area contributed by atoms with Crippen molar-refractivity contribution in [2.24, 2.45) is 0 Å². The van der Waals surface area contributed by atoms with Gasteiger partial charge in [0.25, 0.3) is 5.91 Å². The number of methoxy groups -OCH3 is 1. The quantitative estimate of drug-likeness (QED) is 0.540. The first kappa shape index (κ1) is 24.7. The number of rotatable bonds is 4. The van der Waals surface area contributed by atoms with Gasteiger partial charge in [-0.2, -0.15) is 0 Å². The Kier molecular flexibility index (Phi) is 7.04. The number of carbonyl (C=O) groups is 2. The van der Waals surface area contributed by atoms with E-state index in [1.54, 1.807) is 15.9 Å². The van der Waals surface area contributed by atoms with Gasteiger partial charge in [0.15, 0.2) is 0 Å². The third-order valence-corrected chi connectivity index (χ3v) is 7.88. The summed E-state index contributed by atoms with van der Waals surface area (Å²) in [6.45, 7) is 3.62. The van der Waals surface area contributed by atoms with Crippen molar-refractivity contribution in [2.45, 2.75) is 18.3 Å². The number of hydrogen-bond donors (Lipinski definition) is 1. The van der Waals surface area contributed by atoms with E-state index in [4.69, 9.17) is 10.5 Å². The molecule has 3 aromatic rings. The van der Waals surface area contributed by atoms with Gasteiger partial charge >= 0.3 is 6.09 Å². The molecular formula is C30H34N4O3. The van der Waals surface area contributed by atoms with Gasteiger partial charge in [0.05, 0.1) is 18.5 Å². The number of hydrogen-bond acceptors (Lipinski definition) is 5. The number of nitrogens with two attached hydrogens (primary N) is 1. The number of benzene rings is 3. The second-order valence-electron chi connectivity index (χ2n) is 9.82. The summed E-state index contributed by atoms with van der Waals surface area (Å²) in [4.78, 5) is 30.5. The Hall–Kier alpha value is -4.00. The van der Waals surface area contributed by atoms with Gasteiger partial charge in [-0.3, -0.25) is 4.79 Å². The van der Waals surface area contributed by atoms with E-state index in [1.807, 2.05) is 12.1 Å². The molecule has 0 saturated carbocycles. The van der Waals surface area contributed by atoms with Crippen LogP contribution in [0.1, 0.15) is 34.3 Å². The van der Waals surface area contributed by atoms with Gasteiger partial charge in [-0.15, -0.1) is 0 Å². The predicted octanol–water partition coefficient (Wildman–Crippen LogP) is 4.38. The second kappa shape index (κ2) is 10.5. The summed E-state index contributed by atoms with van der Waals surface area (Å²) < 4.78 is 4.78. The normalized spacial score (nSPS) is 17.4. The van der Waals surface area contributed by atoms with E-state index in [9.17, 15) is 9.59 Å². The first-order valence-electron chi connectivity index (χ1n) is 12.9. The van der Waals surface area contributed by atoms with E-state index >= 15 is 0 Å². The van der Waals surface area contributed by atoms with Gasteiger partial charge in [0.1, 0.15) is 0 Å². The number of piperidine rings is 1. The molecule has 2 aliphatic heterocycles. The van der Waals surface area contributed by atoms with Crippen molar-refractivity contribution >= 4 is 23.4 Å². The molecule has 37 heavy (non-hydrogen) atoms. The lowest BCUT2D eigenvalue weighted by molar-refractivity contribution is 0.0600. The first-order valence-corrected chi connectivity index (χ1v) is 12.9. The molecular weight excluding hydrogens is 464 g/mol. The van der Waals surface area contributed by atoms with Crippen LogP contribution in [-0.2, 0) is 10.2 Å². The Bertz CT molecular complexity index is 1190. The molecule has 2 saturated heterocycles. The van der Waals surface area contributed by atoms with Gasteiger partial charge in [-0.1, -0.05) is 60.7 Å². The maximum atomic E-state index is 13.1. The predicted molar refractivity (Wildman–Crippen MR) is 146 cm³/mol. The van der Waals surface area contributed by atoms with E-state index < -0.39 is 0 Å². The van der Waals surface area contributed by atoms with Crippen molar-refractivity contribution < 1.29 is 14.3 Å². The SMILES string of the molecule is COC(=O)N1CCN(C(=O)c2ccc(N3CCC(c4ccccc4)(c4ccccc4)CC3)c(N)c2)CC1. The minimum absolute atomic E-state index is 0.0317. The van der Waals surface area contributed by atoms with Crippen molar-refractivity contribution in [3.05, 3.63) is 95.6 Å². The molecule has 0 radical (unpaired) electrons. The van der Waals surface area contributed by atoms with Crippen LogP contribution in [0, 0.1) is 0 Å². The van der Waals surface area contributed by atoms with Crippen molar-refractivity contribution in [2.75, 3.05) is 57.0 Å². The lowest BCUT2D eigenvalue weighted by Gasteiger charge is -2.44. The summed E-state index contributed by atoms with van der Waals surface area (Å²) in [5.41, 5.74) is 11.3. The molecule has 2 heterocycles. The van der Waals surface area contributed by atoms with Crippen LogP contribution in [0.2, 0.25) is 0 Å². The third-order valence-electron chi connectivity index (χ3n) is 7.88. The largest absolute Gasteiger partial charge is 0.453 e. The maximum Gasteiger partial charge on any atom is 0.409 e. The Balaban J connectivity index is 1.29. The molecule has 3 aromatic carbocycles. The molecule has 5 rings (SSSR count). The Morgan fingerprint density at radius 3 is 1.81 bits per heavy atom. The third kappa shape index (κ3) is 4.86. The zero-order chi connectivity index (χ0) is 25.8. The Morgan fingerprint density at radius 1 is 0.757 bits per heavy atom. The van der Waals surface area contributed by atoms with E-state index in [0.717, 1.165) is 31.6 Å². The number of nitrogens with zero attached hydrogens (tertiary/aromatic N) is 3. The molecule has 192 valence electrons. The lowest BCUT2D eigenvalue weighted by Crippen LogP contribution is -2.50. The first-order chi connectivity index (χ1) is 18.0. The molecule has 7 heteroatoms. The summed E-state index contributed by atoms with van der Waals surface area (Å²) >= 11 is 0. The molecule has 0 bridgehead atoms. The van der Waals surface area contributed by atoms with Crippen LogP contribution in [0.3, 0.4) is 0 Å². The van der Waals surface area contributed by atoms with Crippen LogP contribution >= 0.6 is 0 Å². The van der Waals surface area contributed by atoms with Gasteiger partial charge in [0, 0.05) is 50.2 Å². The number of carbonyl (C=O) groups excluding carboxylic acids is 2. The monoisotopic (exact) mass is 498 g/mol. The molecule has 0 aromatic heterocycles. The molecule has 0 atom stereocenters. The van der Waals surface area contributed by atoms with Gasteiger partial charge < -0.3 is 25.2 Å². The average molecular weight is 499 g/mol. The molecule has 2 N–H and O–H groups in total. The van der Waals surface area contributed by atoms with Crippen molar-refractivity contribution in [1.29, 1.82) is 0 Å². The summed E-state index contributed by atoms with van der Waals surface area (Å²) in [5.74, 6) is -0.0615. The van der Waals surface area contributed by atoms with Crippen LogP contribution in [-0.4, -0.2) is 68.2 Å². The van der Waals surface area contributed by atoms with Crippen LogP contribution in [0.5, 0.6) is 0 Å². The number of nitrogen functional groups attached to an aromatic ring is 1. The summed E-state index contributed by atoms with van der Waals surface area (Å²) in [6, 6.07) is 27.2. The number of piperazine rings is 1. The highest BCUT2D eigenvalue weighted by molar-refractivity contribution is 5.96. The lowest BCUT2D eigenvalue weighted by atomic mass is 9.68. The minimum atomic E-state index is -0.356. The van der Waals surface area contributed by atoms with Gasteiger partial charge in [-0.05, 0) is 42.2 Å². The highest BCUT2D eigenvalue weighted by atomic mass is 16.5. The average Bonchev–Trinajstić information content (AvgIpc) is 2.97. The zero-order valence-electron chi connectivity index (χ0n) is 21.3. The number of anilines is 2. The summed E-state index contributed by atoms with van der Waals surface area (Å²) in [6.07, 6.45) is 1.60. The maximum absolute atomic E-state index is 13.1. The van der Waals surface area contributed by atoms with Crippen LogP contribution in [0.4, 0.5) is 16.2 Å². The Labute approximate surface area is 218 Å². The van der Waals surface area contributed by atoms with E-state index in [-0.39, 0.29) is 17.4 Å². The second-order valence-corrected chi connectivity index (χ2v) is 9.82. The molecule has 2 aliphatic rings. The molecule has 0 spiro atoms. The van der Waals surface area contributed by atoms with Crippen LogP contribution < -0.4 is 10.6 Å². The topological polar surface area (TPSA) is 79.1 Å². The van der Waals surface area contributed by atoms with Crippen molar-refractivity contribution in [3.8, 4) is 0 Å². The van der Waals surface area contributed by atoms with Crippen molar-refractivity contribution in [3.63, 3.8) is 0 Å². The standard InChI is InChI=1S/C30H34N4O3/c1-37-29(36)34-20-18-33(19-21-34)28(35)23-12-13-27(26(31)22-23)32-16-14-30(15-17-32,24-8-4-2-5-9-24)25-10-6-3-7-11-25/h2-13,22H,14-21,31H2,1H3. The zero-order valence-corrected chi connectivity index (χ0v) is 21.3. The number of ether oxygens (including phenoxy) is 1. The highest BCUT2D eigenvalue weighted by Crippen LogP contribution is 2.43.